The smallest absolute Gasteiger partial charge is 0.333 e. The molecule has 5 nitrogen and oxygen atoms in total. The maximum Gasteiger partial charge on any atom is 0.333 e. The van der Waals surface area contributed by atoms with Crippen LogP contribution < -0.4 is 10.2 Å². The number of imide groups is 1. The minimum atomic E-state index is -0.593. The Morgan fingerprint density at radius 3 is 2.52 bits per heavy atom. The summed E-state index contributed by atoms with van der Waals surface area (Å²) in [7, 11) is 0. The largest absolute Gasteiger partial charge is 0.507 e. The second-order valence-corrected chi connectivity index (χ2v) is 5.68. The van der Waals surface area contributed by atoms with Crippen molar-refractivity contribution in [3.8, 4) is 5.75 Å². The molecule has 7 heteroatoms. The number of benzene rings is 2. The number of phenols is 1. The van der Waals surface area contributed by atoms with Gasteiger partial charge >= 0.3 is 6.03 Å². The molecule has 0 atom stereocenters. The van der Waals surface area contributed by atoms with Gasteiger partial charge in [-0.2, -0.15) is 0 Å². The van der Waals surface area contributed by atoms with Crippen molar-refractivity contribution < 1.29 is 14.7 Å². The maximum atomic E-state index is 12.4. The van der Waals surface area contributed by atoms with Crippen LogP contribution in [0.4, 0.5) is 10.5 Å². The van der Waals surface area contributed by atoms with E-state index in [4.69, 9.17) is 23.2 Å². The number of carbonyl (C=O) groups excluding carboxylic acids is 2. The third-order valence-electron chi connectivity index (χ3n) is 3.23. The van der Waals surface area contributed by atoms with Gasteiger partial charge in [0.05, 0.1) is 5.69 Å². The Labute approximate surface area is 141 Å². The Morgan fingerprint density at radius 1 is 1.04 bits per heavy atom. The van der Waals surface area contributed by atoms with Gasteiger partial charge < -0.3 is 10.4 Å². The van der Waals surface area contributed by atoms with Gasteiger partial charge in [0.25, 0.3) is 5.91 Å². The lowest BCUT2D eigenvalue weighted by Gasteiger charge is -2.11. The number of aromatic hydroxyl groups is 1. The molecule has 1 saturated heterocycles. The van der Waals surface area contributed by atoms with E-state index in [1.54, 1.807) is 18.2 Å². The fraction of sp³-hybridized carbons (Fsp3) is 0. The highest BCUT2D eigenvalue weighted by molar-refractivity contribution is 6.32. The van der Waals surface area contributed by atoms with Crippen molar-refractivity contribution in [3.63, 3.8) is 0 Å². The first kappa shape index (κ1) is 15.4. The lowest BCUT2D eigenvalue weighted by atomic mass is 10.1. The molecule has 1 heterocycles. The molecule has 2 aromatic carbocycles. The van der Waals surface area contributed by atoms with Crippen molar-refractivity contribution in [1.29, 1.82) is 0 Å². The molecule has 2 aromatic rings. The minimum Gasteiger partial charge on any atom is -0.507 e. The van der Waals surface area contributed by atoms with E-state index in [-0.39, 0.29) is 11.4 Å². The number of halogens is 2. The Hall–Kier alpha value is -2.50. The van der Waals surface area contributed by atoms with Gasteiger partial charge in [0.15, 0.2) is 0 Å². The molecule has 23 heavy (non-hydrogen) atoms. The number of carbonyl (C=O) groups is 2. The molecule has 0 saturated carbocycles. The Kier molecular flexibility index (Phi) is 3.98. The SMILES string of the molecule is O=C1N/C(=C/c2cc(Cl)ccc2O)C(=O)N1c1cccc(Cl)c1. The number of hydrogen-bond donors (Lipinski definition) is 2. The second kappa shape index (κ2) is 5.95. The van der Waals surface area contributed by atoms with Gasteiger partial charge in [0.2, 0.25) is 0 Å². The normalized spacial score (nSPS) is 16.1. The predicted octanol–water partition coefficient (Wildman–Crippen LogP) is 3.80. The van der Waals surface area contributed by atoms with Gasteiger partial charge in [0.1, 0.15) is 11.4 Å². The first-order valence-electron chi connectivity index (χ1n) is 6.57. The maximum absolute atomic E-state index is 12.4. The van der Waals surface area contributed by atoms with Crippen molar-refractivity contribution in [2.45, 2.75) is 0 Å². The first-order chi connectivity index (χ1) is 11.0. The molecule has 1 fully saturated rings. The average molecular weight is 349 g/mol. The number of nitrogens with zero attached hydrogens (tertiary/aromatic N) is 1. The van der Waals surface area contributed by atoms with Gasteiger partial charge in [-0.3, -0.25) is 4.79 Å². The van der Waals surface area contributed by atoms with Crippen LogP contribution in [0.15, 0.2) is 48.2 Å². The highest BCUT2D eigenvalue weighted by atomic mass is 35.5. The van der Waals surface area contributed by atoms with Crippen LogP contribution in [0.5, 0.6) is 5.75 Å². The van der Waals surface area contributed by atoms with E-state index >= 15 is 0 Å². The molecule has 3 amide bonds. The van der Waals surface area contributed by atoms with E-state index in [2.05, 4.69) is 5.32 Å². The molecule has 0 bridgehead atoms. The molecule has 0 spiro atoms. The van der Waals surface area contributed by atoms with Gasteiger partial charge in [0, 0.05) is 15.6 Å². The first-order valence-corrected chi connectivity index (χ1v) is 7.32. The zero-order valence-electron chi connectivity index (χ0n) is 11.6. The van der Waals surface area contributed by atoms with E-state index in [0.29, 0.717) is 21.3 Å². The van der Waals surface area contributed by atoms with E-state index < -0.39 is 11.9 Å². The monoisotopic (exact) mass is 348 g/mol. The number of anilines is 1. The number of phenolic OH excluding ortho intramolecular Hbond substituents is 1. The molecular weight excluding hydrogens is 339 g/mol. The van der Waals surface area contributed by atoms with Crippen LogP contribution >= 0.6 is 23.2 Å². The molecule has 116 valence electrons. The highest BCUT2D eigenvalue weighted by Crippen LogP contribution is 2.27. The fourth-order valence-electron chi connectivity index (χ4n) is 2.18. The molecule has 1 aliphatic rings. The van der Waals surface area contributed by atoms with Crippen LogP contribution in [0.1, 0.15) is 5.56 Å². The summed E-state index contributed by atoms with van der Waals surface area (Å²) in [4.78, 5) is 25.5. The van der Waals surface area contributed by atoms with Crippen LogP contribution in [-0.4, -0.2) is 17.0 Å². The van der Waals surface area contributed by atoms with Crippen molar-refractivity contribution in [2.75, 3.05) is 4.90 Å². The highest BCUT2D eigenvalue weighted by Gasteiger charge is 2.35. The summed E-state index contributed by atoms with van der Waals surface area (Å²) in [5.41, 5.74) is 0.723. The van der Waals surface area contributed by atoms with Crippen LogP contribution in [-0.2, 0) is 4.79 Å². The van der Waals surface area contributed by atoms with Gasteiger partial charge in [-0.25, -0.2) is 9.69 Å². The Morgan fingerprint density at radius 2 is 1.78 bits per heavy atom. The fourth-order valence-corrected chi connectivity index (χ4v) is 2.55. The molecule has 0 unspecified atom stereocenters. The van der Waals surface area contributed by atoms with Gasteiger partial charge in [-0.1, -0.05) is 29.3 Å². The van der Waals surface area contributed by atoms with E-state index in [1.807, 2.05) is 0 Å². The number of nitrogens with one attached hydrogen (secondary N) is 1. The van der Waals surface area contributed by atoms with Gasteiger partial charge in [-0.05, 0) is 42.5 Å². The van der Waals surface area contributed by atoms with E-state index in [0.717, 1.165) is 4.90 Å². The van der Waals surface area contributed by atoms with Crippen molar-refractivity contribution in [2.24, 2.45) is 0 Å². The van der Waals surface area contributed by atoms with Crippen LogP contribution in [0.3, 0.4) is 0 Å². The lowest BCUT2D eigenvalue weighted by Crippen LogP contribution is -2.30. The molecule has 0 aromatic heterocycles. The standard InChI is InChI=1S/C16H10Cl2N2O3/c17-10-2-1-3-12(8-10)20-15(22)13(19-16(20)23)7-9-6-11(18)4-5-14(9)21/h1-8,21H,(H,19,23)/b13-7+. The van der Waals surface area contributed by atoms with Crippen LogP contribution in [0, 0.1) is 0 Å². The molecule has 0 aliphatic carbocycles. The molecule has 2 N–H and O–H groups in total. The third kappa shape index (κ3) is 3.02. The number of amides is 3. The molecular formula is C16H10Cl2N2O3. The number of urea groups is 1. The van der Waals surface area contributed by atoms with Crippen molar-refractivity contribution in [3.05, 3.63) is 63.8 Å². The minimum absolute atomic E-state index is 0.0348. The van der Waals surface area contributed by atoms with Crippen LogP contribution in [0.25, 0.3) is 6.08 Å². The van der Waals surface area contributed by atoms with Crippen molar-refractivity contribution in [1.82, 2.24) is 5.32 Å². The predicted molar refractivity (Wildman–Crippen MR) is 88.6 cm³/mol. The molecule has 0 radical (unpaired) electrons. The summed E-state index contributed by atoms with van der Waals surface area (Å²) < 4.78 is 0. The second-order valence-electron chi connectivity index (χ2n) is 4.81. The molecule has 1 aliphatic heterocycles. The lowest BCUT2D eigenvalue weighted by molar-refractivity contribution is -0.113. The topological polar surface area (TPSA) is 69.6 Å². The Bertz CT molecular complexity index is 849. The van der Waals surface area contributed by atoms with Crippen molar-refractivity contribution >= 4 is 46.9 Å². The van der Waals surface area contributed by atoms with Gasteiger partial charge in [-0.15, -0.1) is 0 Å². The van der Waals surface area contributed by atoms with E-state index in [1.165, 1.54) is 30.3 Å². The summed E-state index contributed by atoms with van der Waals surface area (Å²) in [6, 6.07) is 10.2. The summed E-state index contributed by atoms with van der Waals surface area (Å²) in [5, 5.41) is 13.1. The third-order valence-corrected chi connectivity index (χ3v) is 3.70. The summed E-state index contributed by atoms with van der Waals surface area (Å²) >= 11 is 11.8. The van der Waals surface area contributed by atoms with Crippen LogP contribution in [0.2, 0.25) is 10.0 Å². The summed E-state index contributed by atoms with van der Waals surface area (Å²) in [6.07, 6.45) is 1.37. The average Bonchev–Trinajstić information content (AvgIpc) is 2.77. The zero-order chi connectivity index (χ0) is 16.6. The number of hydrogen-bond acceptors (Lipinski definition) is 3. The zero-order valence-corrected chi connectivity index (χ0v) is 13.1. The molecule has 3 rings (SSSR count). The summed E-state index contributed by atoms with van der Waals surface area (Å²) in [6.45, 7) is 0. The Balaban J connectivity index is 1.98. The van der Waals surface area contributed by atoms with E-state index in [9.17, 15) is 14.7 Å². The summed E-state index contributed by atoms with van der Waals surface area (Å²) in [5.74, 6) is -0.596. The quantitative estimate of drug-likeness (QED) is 0.640. The number of rotatable bonds is 2.